The fourth-order valence-electron chi connectivity index (χ4n) is 0.448. The van der Waals surface area contributed by atoms with Crippen LogP contribution in [-0.2, 0) is 0 Å². The molecule has 0 atom stereocenters. The Morgan fingerprint density at radius 1 is 1.62 bits per heavy atom. The highest BCUT2D eigenvalue weighted by atomic mass is 127. The zero-order valence-electron chi connectivity index (χ0n) is 4.17. The summed E-state index contributed by atoms with van der Waals surface area (Å²) in [4.78, 5) is 1.32. The van der Waals surface area contributed by atoms with E-state index in [1.807, 2.05) is 4.08 Å². The topological polar surface area (TPSA) is 0 Å². The summed E-state index contributed by atoms with van der Waals surface area (Å²) in [5.41, 5.74) is 0. The molecular weight excluding hydrogens is 231 g/mol. The van der Waals surface area contributed by atoms with Crippen molar-refractivity contribution in [3.05, 3.63) is 26.5 Å². The average Bonchev–Trinajstić information content (AvgIpc) is 2.19. The van der Waals surface area contributed by atoms with Crippen molar-refractivity contribution in [1.29, 1.82) is 0 Å². The molecule has 1 rings (SSSR count). The standard InChI is InChI=1S/C6H5IS/c7-4-3-6-2-1-5-8-6/h1-5H. The zero-order chi connectivity index (χ0) is 5.82. The van der Waals surface area contributed by atoms with Crippen LogP contribution in [0.1, 0.15) is 4.88 Å². The SMILES string of the molecule is IC=Cc1cccs1. The van der Waals surface area contributed by atoms with Crippen molar-refractivity contribution in [3.8, 4) is 0 Å². The van der Waals surface area contributed by atoms with Gasteiger partial charge in [0, 0.05) is 4.88 Å². The van der Waals surface area contributed by atoms with E-state index in [1.54, 1.807) is 11.3 Å². The van der Waals surface area contributed by atoms with Gasteiger partial charge in [-0.2, -0.15) is 0 Å². The monoisotopic (exact) mass is 236 g/mol. The molecular formula is C6H5IS. The van der Waals surface area contributed by atoms with Gasteiger partial charge in [0.2, 0.25) is 0 Å². The maximum Gasteiger partial charge on any atom is 0.0274 e. The number of halogens is 1. The van der Waals surface area contributed by atoms with E-state index in [-0.39, 0.29) is 0 Å². The summed E-state index contributed by atoms with van der Waals surface area (Å²) in [5, 5.41) is 2.08. The molecule has 0 spiro atoms. The van der Waals surface area contributed by atoms with Gasteiger partial charge >= 0.3 is 0 Å². The van der Waals surface area contributed by atoms with Gasteiger partial charge in [-0.05, 0) is 21.6 Å². The summed E-state index contributed by atoms with van der Waals surface area (Å²) < 4.78 is 2.02. The number of rotatable bonds is 1. The van der Waals surface area contributed by atoms with Crippen molar-refractivity contribution in [1.82, 2.24) is 0 Å². The van der Waals surface area contributed by atoms with Crippen LogP contribution in [-0.4, -0.2) is 0 Å². The van der Waals surface area contributed by atoms with E-state index in [0.29, 0.717) is 0 Å². The van der Waals surface area contributed by atoms with Crippen LogP contribution in [0.4, 0.5) is 0 Å². The lowest BCUT2D eigenvalue weighted by Gasteiger charge is -1.74. The normalized spacial score (nSPS) is 10.6. The molecule has 0 nitrogen and oxygen atoms in total. The summed E-state index contributed by atoms with van der Waals surface area (Å²) in [6, 6.07) is 4.15. The molecule has 0 unspecified atom stereocenters. The highest BCUT2D eigenvalue weighted by Crippen LogP contribution is 2.10. The maximum atomic E-state index is 2.21. The lowest BCUT2D eigenvalue weighted by molar-refractivity contribution is 1.96. The molecule has 0 N–H and O–H groups in total. The van der Waals surface area contributed by atoms with Gasteiger partial charge in [-0.1, -0.05) is 28.7 Å². The third-order valence-electron chi connectivity index (χ3n) is 0.770. The molecule has 0 aromatic carbocycles. The molecule has 0 radical (unpaired) electrons. The molecule has 0 aliphatic carbocycles. The van der Waals surface area contributed by atoms with E-state index in [2.05, 4.69) is 46.2 Å². The Bertz CT molecular complexity index is 165. The van der Waals surface area contributed by atoms with Crippen molar-refractivity contribution in [2.75, 3.05) is 0 Å². The van der Waals surface area contributed by atoms with Crippen LogP contribution in [0.25, 0.3) is 6.08 Å². The molecule has 0 bridgehead atoms. The van der Waals surface area contributed by atoms with Gasteiger partial charge in [-0.25, -0.2) is 0 Å². The van der Waals surface area contributed by atoms with Crippen LogP contribution in [0.15, 0.2) is 21.6 Å². The number of hydrogen-bond acceptors (Lipinski definition) is 1. The van der Waals surface area contributed by atoms with E-state index >= 15 is 0 Å². The Balaban J connectivity index is 2.77. The van der Waals surface area contributed by atoms with Gasteiger partial charge in [-0.3, -0.25) is 0 Å². The van der Waals surface area contributed by atoms with Crippen LogP contribution in [0.5, 0.6) is 0 Å². The Morgan fingerprint density at radius 2 is 2.50 bits per heavy atom. The van der Waals surface area contributed by atoms with Crippen LogP contribution < -0.4 is 0 Å². The Morgan fingerprint density at radius 3 is 3.00 bits per heavy atom. The lowest BCUT2D eigenvalue weighted by Crippen LogP contribution is -1.48. The fraction of sp³-hybridized carbons (Fsp3) is 0. The molecule has 0 amide bonds. The minimum Gasteiger partial charge on any atom is -0.144 e. The van der Waals surface area contributed by atoms with Crippen LogP contribution >= 0.6 is 33.9 Å². The third-order valence-corrected chi connectivity index (χ3v) is 1.97. The van der Waals surface area contributed by atoms with Gasteiger partial charge in [0.05, 0.1) is 0 Å². The molecule has 0 saturated carbocycles. The first-order valence-electron chi connectivity index (χ1n) is 2.24. The highest BCUT2D eigenvalue weighted by Gasteiger charge is 1.80. The smallest absolute Gasteiger partial charge is 0.0274 e. The Kier molecular flexibility index (Phi) is 2.55. The highest BCUT2D eigenvalue weighted by molar-refractivity contribution is 14.1. The van der Waals surface area contributed by atoms with E-state index in [1.165, 1.54) is 4.88 Å². The molecule has 0 aliphatic rings. The first-order valence-corrected chi connectivity index (χ1v) is 4.36. The van der Waals surface area contributed by atoms with E-state index in [0.717, 1.165) is 0 Å². The first-order chi connectivity index (χ1) is 3.93. The van der Waals surface area contributed by atoms with Crippen LogP contribution in [0.2, 0.25) is 0 Å². The minimum atomic E-state index is 1.32. The van der Waals surface area contributed by atoms with Gasteiger partial charge < -0.3 is 0 Å². The summed E-state index contributed by atoms with van der Waals surface area (Å²) in [6.45, 7) is 0. The van der Waals surface area contributed by atoms with Crippen molar-refractivity contribution < 1.29 is 0 Å². The summed E-state index contributed by atoms with van der Waals surface area (Å²) in [5.74, 6) is 0. The summed E-state index contributed by atoms with van der Waals surface area (Å²) >= 11 is 3.97. The second-order valence-corrected chi connectivity index (χ2v) is 3.01. The third kappa shape index (κ3) is 1.59. The Hall–Kier alpha value is 0.170. The average molecular weight is 236 g/mol. The molecule has 0 fully saturated rings. The zero-order valence-corrected chi connectivity index (χ0v) is 7.15. The quantitative estimate of drug-likeness (QED) is 0.657. The predicted molar refractivity (Wildman–Crippen MR) is 47.4 cm³/mol. The molecule has 42 valence electrons. The molecule has 0 aliphatic heterocycles. The fourth-order valence-corrected chi connectivity index (χ4v) is 1.70. The second-order valence-electron chi connectivity index (χ2n) is 1.31. The minimum absolute atomic E-state index is 1.32. The molecule has 2 heteroatoms. The van der Waals surface area contributed by atoms with Gasteiger partial charge in [-0.15, -0.1) is 11.3 Å². The van der Waals surface area contributed by atoms with Crippen LogP contribution in [0.3, 0.4) is 0 Å². The predicted octanol–water partition coefficient (Wildman–Crippen LogP) is 3.15. The maximum absolute atomic E-state index is 2.21. The van der Waals surface area contributed by atoms with E-state index in [4.69, 9.17) is 0 Å². The van der Waals surface area contributed by atoms with Crippen molar-refractivity contribution in [3.63, 3.8) is 0 Å². The van der Waals surface area contributed by atoms with Crippen molar-refractivity contribution >= 4 is 40.0 Å². The molecule has 1 aromatic rings. The summed E-state index contributed by atoms with van der Waals surface area (Å²) in [7, 11) is 0. The lowest BCUT2D eigenvalue weighted by atomic mass is 10.5. The van der Waals surface area contributed by atoms with Gasteiger partial charge in [0.15, 0.2) is 0 Å². The molecule has 1 heterocycles. The molecule has 0 saturated heterocycles. The largest absolute Gasteiger partial charge is 0.144 e. The number of thiophene rings is 1. The molecule has 1 aromatic heterocycles. The Labute approximate surface area is 66.4 Å². The van der Waals surface area contributed by atoms with Gasteiger partial charge in [0.25, 0.3) is 0 Å². The number of hydrogen-bond donors (Lipinski definition) is 0. The molecule has 8 heavy (non-hydrogen) atoms. The first kappa shape index (κ1) is 6.29. The van der Waals surface area contributed by atoms with E-state index in [9.17, 15) is 0 Å². The van der Waals surface area contributed by atoms with E-state index < -0.39 is 0 Å². The van der Waals surface area contributed by atoms with Crippen LogP contribution in [0, 0.1) is 0 Å². The van der Waals surface area contributed by atoms with Crippen molar-refractivity contribution in [2.24, 2.45) is 0 Å². The van der Waals surface area contributed by atoms with Gasteiger partial charge in [0.1, 0.15) is 0 Å². The summed E-state index contributed by atoms with van der Waals surface area (Å²) in [6.07, 6.45) is 2.09. The second kappa shape index (κ2) is 3.25. The van der Waals surface area contributed by atoms with Crippen molar-refractivity contribution in [2.45, 2.75) is 0 Å².